The highest BCUT2D eigenvalue weighted by Crippen LogP contribution is 2.23. The largest absolute Gasteiger partial charge is 0.397 e. The Morgan fingerprint density at radius 1 is 1.33 bits per heavy atom. The monoisotopic (exact) mass is 308 g/mol. The summed E-state index contributed by atoms with van der Waals surface area (Å²) >= 11 is 0. The highest BCUT2D eigenvalue weighted by atomic mass is 32.2. The fraction of sp³-hybridized carbons (Fsp3) is 0.154. The maximum absolute atomic E-state index is 12.2. The second-order valence-corrected chi connectivity index (χ2v) is 6.23. The van der Waals surface area contributed by atoms with E-state index in [1.54, 1.807) is 30.8 Å². The van der Waals surface area contributed by atoms with E-state index < -0.39 is 10.0 Å². The molecular weight excluding hydrogens is 292 g/mol. The van der Waals surface area contributed by atoms with E-state index >= 15 is 0 Å². The number of carbonyl (C=O) groups excluding carboxylic acids is 1. The van der Waals surface area contributed by atoms with Gasteiger partial charge in [-0.25, -0.2) is 13.6 Å². The van der Waals surface area contributed by atoms with Gasteiger partial charge in [0, 0.05) is 18.9 Å². The van der Waals surface area contributed by atoms with Crippen LogP contribution in [0.4, 0.5) is 11.4 Å². The lowest BCUT2D eigenvalue weighted by atomic mass is 10.2. The number of amides is 1. The average Bonchev–Trinajstić information content (AvgIpc) is 2.69. The van der Waals surface area contributed by atoms with Crippen LogP contribution in [0.25, 0.3) is 0 Å². The number of aromatic nitrogens is 1. The second-order valence-electron chi connectivity index (χ2n) is 4.70. The molecule has 112 valence electrons. The maximum Gasteiger partial charge on any atom is 0.272 e. The molecule has 7 nitrogen and oxygen atoms in total. The van der Waals surface area contributed by atoms with Crippen molar-refractivity contribution in [2.45, 2.75) is 11.8 Å². The Labute approximate surface area is 122 Å². The van der Waals surface area contributed by atoms with Crippen LogP contribution < -0.4 is 16.2 Å². The summed E-state index contributed by atoms with van der Waals surface area (Å²) in [6, 6.07) is 6.05. The lowest BCUT2D eigenvalue weighted by Crippen LogP contribution is -2.18. The van der Waals surface area contributed by atoms with E-state index in [2.05, 4.69) is 5.32 Å². The fourth-order valence-corrected chi connectivity index (χ4v) is 2.87. The Bertz CT molecular complexity index is 809. The molecule has 0 unspecified atom stereocenters. The summed E-state index contributed by atoms with van der Waals surface area (Å²) in [5.74, 6) is -0.385. The molecule has 2 aromatic rings. The first-order valence-corrected chi connectivity index (χ1v) is 7.60. The summed E-state index contributed by atoms with van der Waals surface area (Å²) < 4.78 is 24.5. The second kappa shape index (κ2) is 5.23. The molecule has 0 atom stereocenters. The minimum Gasteiger partial charge on any atom is -0.397 e. The van der Waals surface area contributed by atoms with Crippen molar-refractivity contribution in [1.82, 2.24) is 4.57 Å². The number of benzene rings is 1. The molecule has 2 rings (SSSR count). The summed E-state index contributed by atoms with van der Waals surface area (Å²) in [5, 5.41) is 7.79. The van der Waals surface area contributed by atoms with Crippen LogP contribution in [0.15, 0.2) is 35.4 Å². The summed E-state index contributed by atoms with van der Waals surface area (Å²) in [6.07, 6.45) is 1.61. The minimum atomic E-state index is -3.84. The standard InChI is InChI=1S/C13H16N4O3S/c1-8-10(4-3-5-12(8)21(15,19)20)16-13(18)11-6-9(14)7-17(11)2/h3-7H,14H2,1-2H3,(H,16,18)(H2,15,19,20). The molecule has 0 radical (unpaired) electrons. The number of rotatable bonds is 3. The van der Waals surface area contributed by atoms with E-state index in [0.29, 0.717) is 22.6 Å². The predicted molar refractivity (Wildman–Crippen MR) is 80.3 cm³/mol. The molecule has 0 spiro atoms. The number of nitrogen functional groups attached to an aromatic ring is 1. The number of nitrogens with zero attached hydrogens (tertiary/aromatic N) is 1. The van der Waals surface area contributed by atoms with Crippen molar-refractivity contribution in [3.63, 3.8) is 0 Å². The van der Waals surface area contributed by atoms with Gasteiger partial charge in [0.25, 0.3) is 5.91 Å². The summed E-state index contributed by atoms with van der Waals surface area (Å²) in [4.78, 5) is 12.2. The molecule has 0 aliphatic rings. The van der Waals surface area contributed by atoms with E-state index in [0.717, 1.165) is 0 Å². The van der Waals surface area contributed by atoms with Crippen molar-refractivity contribution < 1.29 is 13.2 Å². The van der Waals surface area contributed by atoms with Crippen molar-refractivity contribution in [2.75, 3.05) is 11.1 Å². The molecule has 0 aliphatic carbocycles. The van der Waals surface area contributed by atoms with Gasteiger partial charge >= 0.3 is 0 Å². The highest BCUT2D eigenvalue weighted by Gasteiger charge is 2.17. The van der Waals surface area contributed by atoms with Crippen LogP contribution in [-0.2, 0) is 17.1 Å². The molecule has 1 aromatic carbocycles. The van der Waals surface area contributed by atoms with Gasteiger partial charge in [-0.3, -0.25) is 4.79 Å². The molecule has 8 heteroatoms. The predicted octanol–water partition coefficient (Wildman–Crippen LogP) is 0.815. The Morgan fingerprint density at radius 2 is 2.00 bits per heavy atom. The van der Waals surface area contributed by atoms with Gasteiger partial charge in [0.1, 0.15) is 5.69 Å². The third kappa shape index (κ3) is 3.06. The number of sulfonamides is 1. The number of nitrogens with two attached hydrogens (primary N) is 2. The van der Waals surface area contributed by atoms with Gasteiger partial charge in [0.05, 0.1) is 10.6 Å². The minimum absolute atomic E-state index is 0.0216. The Morgan fingerprint density at radius 3 is 2.52 bits per heavy atom. The quantitative estimate of drug-likeness (QED) is 0.777. The average molecular weight is 308 g/mol. The van der Waals surface area contributed by atoms with Crippen molar-refractivity contribution in [3.05, 3.63) is 41.7 Å². The summed E-state index contributed by atoms with van der Waals surface area (Å²) in [6.45, 7) is 1.58. The van der Waals surface area contributed by atoms with E-state index in [1.165, 1.54) is 18.2 Å². The van der Waals surface area contributed by atoms with E-state index in [4.69, 9.17) is 10.9 Å². The Balaban J connectivity index is 2.37. The smallest absolute Gasteiger partial charge is 0.272 e. The van der Waals surface area contributed by atoms with Gasteiger partial charge < -0.3 is 15.6 Å². The number of hydrogen-bond donors (Lipinski definition) is 3. The first-order chi connectivity index (χ1) is 9.70. The van der Waals surface area contributed by atoms with Crippen LogP contribution >= 0.6 is 0 Å². The van der Waals surface area contributed by atoms with E-state index in [9.17, 15) is 13.2 Å². The number of aryl methyl sites for hydroxylation is 1. The van der Waals surface area contributed by atoms with Gasteiger partial charge in [0.15, 0.2) is 0 Å². The van der Waals surface area contributed by atoms with Gasteiger partial charge in [-0.1, -0.05) is 6.07 Å². The van der Waals surface area contributed by atoms with Crippen molar-refractivity contribution >= 4 is 27.3 Å². The maximum atomic E-state index is 12.2. The van der Waals surface area contributed by atoms with Gasteiger partial charge in [-0.05, 0) is 30.7 Å². The molecule has 0 aliphatic heterocycles. The number of carbonyl (C=O) groups is 1. The van der Waals surface area contributed by atoms with E-state index in [1.807, 2.05) is 0 Å². The van der Waals surface area contributed by atoms with Crippen molar-refractivity contribution in [3.8, 4) is 0 Å². The SMILES string of the molecule is Cc1c(NC(=O)c2cc(N)cn2C)cccc1S(N)(=O)=O. The number of anilines is 2. The molecule has 1 amide bonds. The molecule has 1 heterocycles. The van der Waals surface area contributed by atoms with Crippen molar-refractivity contribution in [1.29, 1.82) is 0 Å². The molecule has 1 aromatic heterocycles. The topological polar surface area (TPSA) is 120 Å². The lowest BCUT2D eigenvalue weighted by Gasteiger charge is -2.11. The lowest BCUT2D eigenvalue weighted by molar-refractivity contribution is 0.101. The Kier molecular flexibility index (Phi) is 3.75. The molecule has 0 fully saturated rings. The molecule has 0 saturated carbocycles. The molecule has 0 bridgehead atoms. The van der Waals surface area contributed by atoms with E-state index in [-0.39, 0.29) is 10.8 Å². The number of primary sulfonamides is 1. The normalized spacial score (nSPS) is 11.4. The van der Waals surface area contributed by atoms with Crippen molar-refractivity contribution in [2.24, 2.45) is 12.2 Å². The first-order valence-electron chi connectivity index (χ1n) is 6.06. The first kappa shape index (κ1) is 15.1. The van der Waals surface area contributed by atoms with Gasteiger partial charge in [0.2, 0.25) is 10.0 Å². The molecule has 5 N–H and O–H groups in total. The zero-order valence-electron chi connectivity index (χ0n) is 11.6. The van der Waals surface area contributed by atoms with Gasteiger partial charge in [-0.2, -0.15) is 0 Å². The van der Waals surface area contributed by atoms with Crippen LogP contribution in [-0.4, -0.2) is 18.9 Å². The number of nitrogens with one attached hydrogen (secondary N) is 1. The summed E-state index contributed by atoms with van der Waals surface area (Å²) in [7, 11) is -2.14. The third-order valence-corrected chi connectivity index (χ3v) is 4.15. The van der Waals surface area contributed by atoms with Crippen LogP contribution in [0.3, 0.4) is 0 Å². The Hall–Kier alpha value is -2.32. The van der Waals surface area contributed by atoms with Crippen LogP contribution in [0, 0.1) is 6.92 Å². The fourth-order valence-electron chi connectivity index (χ4n) is 2.06. The zero-order chi connectivity index (χ0) is 15.8. The molecule has 0 saturated heterocycles. The van der Waals surface area contributed by atoms with Crippen LogP contribution in [0.1, 0.15) is 16.1 Å². The molecular formula is C13H16N4O3S. The van der Waals surface area contributed by atoms with Crippen LogP contribution in [0.5, 0.6) is 0 Å². The van der Waals surface area contributed by atoms with Crippen LogP contribution in [0.2, 0.25) is 0 Å². The zero-order valence-corrected chi connectivity index (χ0v) is 12.4. The highest BCUT2D eigenvalue weighted by molar-refractivity contribution is 7.89. The summed E-state index contributed by atoms with van der Waals surface area (Å²) in [5.41, 5.74) is 7.23. The third-order valence-electron chi connectivity index (χ3n) is 3.10. The number of hydrogen-bond acceptors (Lipinski definition) is 4. The molecule has 21 heavy (non-hydrogen) atoms. The van der Waals surface area contributed by atoms with Gasteiger partial charge in [-0.15, -0.1) is 0 Å².